The monoisotopic (exact) mass is 410 g/mol. The molecule has 0 spiro atoms. The molecule has 0 radical (unpaired) electrons. The average molecular weight is 411 g/mol. The molecular formula is C16H12Cl2N4O3S. The number of thiophene rings is 1. The summed E-state index contributed by atoms with van der Waals surface area (Å²) in [6.45, 7) is 0. The van der Waals surface area contributed by atoms with Crippen molar-refractivity contribution in [1.82, 2.24) is 21.0 Å². The lowest BCUT2D eigenvalue weighted by Crippen LogP contribution is -2.41. The number of halogens is 2. The van der Waals surface area contributed by atoms with Crippen molar-refractivity contribution in [2.75, 3.05) is 0 Å². The molecule has 2 amide bonds. The van der Waals surface area contributed by atoms with Gasteiger partial charge < -0.3 is 4.52 Å². The van der Waals surface area contributed by atoms with Crippen molar-refractivity contribution in [3.05, 3.63) is 57.2 Å². The molecule has 0 aliphatic rings. The third-order valence-electron chi connectivity index (χ3n) is 3.26. The van der Waals surface area contributed by atoms with E-state index in [4.69, 9.17) is 27.7 Å². The highest BCUT2D eigenvalue weighted by atomic mass is 35.5. The first-order chi connectivity index (χ1) is 12.5. The van der Waals surface area contributed by atoms with Crippen molar-refractivity contribution in [3.63, 3.8) is 0 Å². The van der Waals surface area contributed by atoms with Crippen LogP contribution < -0.4 is 10.9 Å². The largest absolute Gasteiger partial charge is 0.339 e. The van der Waals surface area contributed by atoms with Gasteiger partial charge in [0.15, 0.2) is 0 Å². The average Bonchev–Trinajstić information content (AvgIpc) is 3.31. The summed E-state index contributed by atoms with van der Waals surface area (Å²) < 4.78 is 5.11. The molecule has 26 heavy (non-hydrogen) atoms. The topological polar surface area (TPSA) is 97.1 Å². The van der Waals surface area contributed by atoms with Crippen molar-refractivity contribution in [2.24, 2.45) is 0 Å². The number of hydrogen-bond acceptors (Lipinski definition) is 6. The summed E-state index contributed by atoms with van der Waals surface area (Å²) in [5, 5.41) is 6.37. The number of nitrogens with zero attached hydrogens (tertiary/aromatic N) is 2. The number of amides is 2. The van der Waals surface area contributed by atoms with Gasteiger partial charge in [-0.15, -0.1) is 11.3 Å². The fraction of sp³-hybridized carbons (Fsp3) is 0.125. The standard InChI is InChI=1S/C16H12Cl2N4O3S/c17-9-3-4-11(18)10(8-9)16(24)21-20-13(23)5-6-14-19-15(22-25-14)12-2-1-7-26-12/h1-4,7-8H,5-6H2,(H,20,23)(H,21,24). The van der Waals surface area contributed by atoms with Crippen LogP contribution in [0.4, 0.5) is 0 Å². The second kappa shape index (κ2) is 8.31. The van der Waals surface area contributed by atoms with E-state index in [1.165, 1.54) is 23.5 Å². The Morgan fingerprint density at radius 1 is 1.19 bits per heavy atom. The van der Waals surface area contributed by atoms with E-state index in [9.17, 15) is 9.59 Å². The van der Waals surface area contributed by atoms with Crippen LogP contribution in [0.25, 0.3) is 10.7 Å². The predicted octanol–water partition coefficient (Wildman–Crippen LogP) is 3.50. The van der Waals surface area contributed by atoms with Gasteiger partial charge in [-0.1, -0.05) is 34.4 Å². The van der Waals surface area contributed by atoms with Crippen LogP contribution in [-0.4, -0.2) is 22.0 Å². The highest BCUT2D eigenvalue weighted by Crippen LogP contribution is 2.22. The van der Waals surface area contributed by atoms with Crippen LogP contribution in [0.1, 0.15) is 22.7 Å². The van der Waals surface area contributed by atoms with Gasteiger partial charge in [0.05, 0.1) is 15.5 Å². The summed E-state index contributed by atoms with van der Waals surface area (Å²) in [6, 6.07) is 8.24. The summed E-state index contributed by atoms with van der Waals surface area (Å²) in [4.78, 5) is 29.0. The minimum absolute atomic E-state index is 0.0651. The molecule has 1 aromatic carbocycles. The Labute approximate surface area is 162 Å². The second-order valence-electron chi connectivity index (χ2n) is 5.12. The van der Waals surface area contributed by atoms with E-state index in [-0.39, 0.29) is 23.4 Å². The van der Waals surface area contributed by atoms with E-state index < -0.39 is 11.8 Å². The number of carbonyl (C=O) groups is 2. The zero-order valence-electron chi connectivity index (χ0n) is 13.2. The number of hydrogen-bond donors (Lipinski definition) is 2. The van der Waals surface area contributed by atoms with Gasteiger partial charge in [0.2, 0.25) is 17.6 Å². The highest BCUT2D eigenvalue weighted by molar-refractivity contribution is 7.13. The predicted molar refractivity (Wildman–Crippen MR) is 98.0 cm³/mol. The minimum Gasteiger partial charge on any atom is -0.339 e. The van der Waals surface area contributed by atoms with E-state index in [0.717, 1.165) is 4.88 Å². The summed E-state index contributed by atoms with van der Waals surface area (Å²) in [7, 11) is 0. The van der Waals surface area contributed by atoms with Crippen LogP contribution in [0.3, 0.4) is 0 Å². The maximum Gasteiger partial charge on any atom is 0.271 e. The van der Waals surface area contributed by atoms with Crippen molar-refractivity contribution in [2.45, 2.75) is 12.8 Å². The lowest BCUT2D eigenvalue weighted by atomic mass is 10.2. The quantitative estimate of drug-likeness (QED) is 0.627. The molecule has 0 fully saturated rings. The number of hydrazine groups is 1. The molecule has 2 heterocycles. The smallest absolute Gasteiger partial charge is 0.271 e. The van der Waals surface area contributed by atoms with E-state index in [1.807, 2.05) is 17.5 Å². The number of aromatic nitrogens is 2. The first-order valence-corrected chi connectivity index (χ1v) is 9.07. The molecule has 3 aromatic rings. The molecule has 10 heteroatoms. The summed E-state index contributed by atoms with van der Waals surface area (Å²) >= 11 is 13.3. The summed E-state index contributed by atoms with van der Waals surface area (Å²) in [5.74, 6) is -0.150. The van der Waals surface area contributed by atoms with E-state index >= 15 is 0 Å². The van der Waals surface area contributed by atoms with Gasteiger partial charge in [-0.3, -0.25) is 20.4 Å². The fourth-order valence-corrected chi connectivity index (χ4v) is 3.04. The number of carbonyl (C=O) groups excluding carboxylic acids is 2. The fourth-order valence-electron chi connectivity index (χ4n) is 2.01. The molecule has 0 aliphatic heterocycles. The Morgan fingerprint density at radius 2 is 2.04 bits per heavy atom. The molecule has 0 bridgehead atoms. The van der Waals surface area contributed by atoms with Crippen LogP contribution >= 0.6 is 34.5 Å². The molecule has 0 saturated carbocycles. The highest BCUT2D eigenvalue weighted by Gasteiger charge is 2.14. The number of benzene rings is 1. The van der Waals surface area contributed by atoms with Gasteiger partial charge in [0.1, 0.15) is 0 Å². The SMILES string of the molecule is O=C(CCc1nc(-c2cccs2)no1)NNC(=O)c1cc(Cl)ccc1Cl. The molecular weight excluding hydrogens is 399 g/mol. The third-order valence-corrected chi connectivity index (χ3v) is 4.69. The molecule has 2 aromatic heterocycles. The maximum absolute atomic E-state index is 12.0. The lowest BCUT2D eigenvalue weighted by molar-refractivity contribution is -0.121. The van der Waals surface area contributed by atoms with Gasteiger partial charge in [0, 0.05) is 17.9 Å². The Balaban J connectivity index is 1.49. The summed E-state index contributed by atoms with van der Waals surface area (Å²) in [5.41, 5.74) is 4.75. The van der Waals surface area contributed by atoms with Gasteiger partial charge in [0.25, 0.3) is 5.91 Å². The molecule has 3 rings (SSSR count). The van der Waals surface area contributed by atoms with Crippen molar-refractivity contribution in [1.29, 1.82) is 0 Å². The third kappa shape index (κ3) is 4.60. The number of nitrogens with one attached hydrogen (secondary N) is 2. The molecule has 0 saturated heterocycles. The normalized spacial score (nSPS) is 10.5. The van der Waals surface area contributed by atoms with Crippen LogP contribution in [0.15, 0.2) is 40.2 Å². The van der Waals surface area contributed by atoms with Crippen LogP contribution in [0.5, 0.6) is 0 Å². The Kier molecular flexibility index (Phi) is 5.87. The molecule has 0 unspecified atom stereocenters. The lowest BCUT2D eigenvalue weighted by Gasteiger charge is -2.08. The van der Waals surface area contributed by atoms with Crippen LogP contribution in [0, 0.1) is 0 Å². The minimum atomic E-state index is -0.566. The van der Waals surface area contributed by atoms with Gasteiger partial charge in [-0.25, -0.2) is 0 Å². The number of rotatable bonds is 5. The molecule has 2 N–H and O–H groups in total. The van der Waals surface area contributed by atoms with Gasteiger partial charge in [-0.2, -0.15) is 4.98 Å². The van der Waals surface area contributed by atoms with Crippen LogP contribution in [-0.2, 0) is 11.2 Å². The zero-order chi connectivity index (χ0) is 18.5. The Bertz CT molecular complexity index is 927. The molecule has 134 valence electrons. The van der Waals surface area contributed by atoms with Crippen LogP contribution in [0.2, 0.25) is 10.0 Å². The van der Waals surface area contributed by atoms with E-state index in [2.05, 4.69) is 21.0 Å². The first-order valence-electron chi connectivity index (χ1n) is 7.43. The van der Waals surface area contributed by atoms with E-state index in [1.54, 1.807) is 6.07 Å². The Hall–Kier alpha value is -2.42. The molecule has 7 nitrogen and oxygen atoms in total. The van der Waals surface area contributed by atoms with Crippen molar-refractivity contribution >= 4 is 46.4 Å². The molecule has 0 aliphatic carbocycles. The first kappa shape index (κ1) is 18.4. The van der Waals surface area contributed by atoms with Crippen molar-refractivity contribution < 1.29 is 14.1 Å². The summed E-state index contributed by atoms with van der Waals surface area (Å²) in [6.07, 6.45) is 0.313. The van der Waals surface area contributed by atoms with E-state index in [0.29, 0.717) is 16.7 Å². The second-order valence-corrected chi connectivity index (χ2v) is 6.91. The van der Waals surface area contributed by atoms with Gasteiger partial charge >= 0.3 is 0 Å². The maximum atomic E-state index is 12.0. The van der Waals surface area contributed by atoms with Crippen molar-refractivity contribution in [3.8, 4) is 10.7 Å². The Morgan fingerprint density at radius 3 is 2.81 bits per heavy atom. The zero-order valence-corrected chi connectivity index (χ0v) is 15.5. The number of aryl methyl sites for hydroxylation is 1. The molecule has 0 atom stereocenters. The van der Waals surface area contributed by atoms with Gasteiger partial charge in [-0.05, 0) is 29.6 Å².